The molecular weight excluding hydrogens is 416 g/mol. The fourth-order valence-corrected chi connectivity index (χ4v) is 2.35. The average molecular weight is 442 g/mol. The highest BCUT2D eigenvalue weighted by molar-refractivity contribution is 9.28. The Morgan fingerprint density at radius 2 is 1.86 bits per heavy atom. The number of aliphatic hydroxyl groups excluding tert-OH is 1. The highest BCUT2D eigenvalue weighted by Gasteiger charge is 2.08. The van der Waals surface area contributed by atoms with E-state index in [-0.39, 0.29) is 12.1 Å². The predicted molar refractivity (Wildman–Crippen MR) is 96.2 cm³/mol. The first kappa shape index (κ1) is 21.8. The van der Waals surface area contributed by atoms with Crippen molar-refractivity contribution >= 4 is 37.8 Å². The molecule has 0 aromatic carbocycles. The van der Waals surface area contributed by atoms with Crippen LogP contribution >= 0.6 is 31.9 Å². The topological polar surface area (TPSA) is 55.8 Å². The molecule has 4 nitrogen and oxygen atoms in total. The molecule has 0 aliphatic rings. The summed E-state index contributed by atoms with van der Waals surface area (Å²) in [7, 11) is 2.96. The smallest absolute Gasteiger partial charge is 0.305 e. The number of hydrogen-bond acceptors (Lipinski definition) is 4. The minimum absolute atomic E-state index is 0.171. The number of aliphatic hydroxyl groups is 1. The van der Waals surface area contributed by atoms with Gasteiger partial charge in [-0.25, -0.2) is 0 Å². The summed E-state index contributed by atoms with van der Waals surface area (Å²) in [5.74, 6) is -0.250. The molecule has 0 spiro atoms. The predicted octanol–water partition coefficient (Wildman–Crippen LogP) is 4.45. The molecule has 22 heavy (non-hydrogen) atoms. The van der Waals surface area contributed by atoms with Gasteiger partial charge in [0.15, 0.2) is 0 Å². The molecule has 6 heteroatoms. The van der Waals surface area contributed by atoms with E-state index in [1.807, 2.05) is 6.08 Å². The van der Waals surface area contributed by atoms with Crippen LogP contribution < -0.4 is 0 Å². The summed E-state index contributed by atoms with van der Waals surface area (Å²) in [6, 6.07) is 0. The van der Waals surface area contributed by atoms with Crippen LogP contribution in [0.25, 0.3) is 0 Å². The van der Waals surface area contributed by atoms with Crippen LogP contribution in [-0.4, -0.2) is 37.5 Å². The quantitative estimate of drug-likeness (QED) is 0.276. The molecule has 1 N–H and O–H groups in total. The Kier molecular flexibility index (Phi) is 14.3. The molecule has 0 fully saturated rings. The lowest BCUT2D eigenvalue weighted by molar-refractivity contribution is -0.141. The number of hydrogen-bond donors (Lipinski definition) is 1. The summed E-state index contributed by atoms with van der Waals surface area (Å²) in [4.78, 5) is 11.1. The van der Waals surface area contributed by atoms with Crippen LogP contribution in [-0.2, 0) is 14.3 Å². The molecule has 0 heterocycles. The van der Waals surface area contributed by atoms with E-state index in [1.165, 1.54) is 7.11 Å². The van der Waals surface area contributed by atoms with Crippen molar-refractivity contribution in [2.75, 3.05) is 14.2 Å². The van der Waals surface area contributed by atoms with Crippen LogP contribution in [0.1, 0.15) is 44.9 Å². The summed E-state index contributed by atoms with van der Waals surface area (Å²) in [6.45, 7) is 0. The van der Waals surface area contributed by atoms with Gasteiger partial charge in [0.2, 0.25) is 0 Å². The van der Waals surface area contributed by atoms with E-state index < -0.39 is 6.10 Å². The van der Waals surface area contributed by atoms with Gasteiger partial charge in [-0.2, -0.15) is 0 Å². The lowest BCUT2D eigenvalue weighted by Crippen LogP contribution is -2.12. The largest absolute Gasteiger partial charge is 0.469 e. The zero-order chi connectivity index (χ0) is 16.8. The van der Waals surface area contributed by atoms with Gasteiger partial charge in [-0.1, -0.05) is 31.1 Å². The first-order valence-electron chi connectivity index (χ1n) is 7.46. The monoisotopic (exact) mass is 440 g/mol. The number of unbranched alkanes of at least 4 members (excludes halogenated alkanes) is 3. The maximum absolute atomic E-state index is 11.1. The van der Waals surface area contributed by atoms with Gasteiger partial charge in [0.05, 0.1) is 22.7 Å². The highest BCUT2D eigenvalue weighted by Crippen LogP contribution is 2.16. The molecule has 0 aliphatic heterocycles. The Hall–Kier alpha value is -0.170. The Morgan fingerprint density at radius 3 is 2.45 bits per heavy atom. The number of halogens is 2. The zero-order valence-electron chi connectivity index (χ0n) is 13.3. The molecule has 0 rings (SSSR count). The number of rotatable bonds is 12. The van der Waals surface area contributed by atoms with Crippen molar-refractivity contribution in [3.8, 4) is 0 Å². The summed E-state index contributed by atoms with van der Waals surface area (Å²) in [6.07, 6.45) is 10.8. The van der Waals surface area contributed by atoms with Crippen LogP contribution in [0, 0.1) is 0 Å². The van der Waals surface area contributed by atoms with Gasteiger partial charge in [0.1, 0.15) is 0 Å². The molecule has 1 unspecified atom stereocenters. The lowest BCUT2D eigenvalue weighted by atomic mass is 10.1. The van der Waals surface area contributed by atoms with Crippen molar-refractivity contribution in [2.45, 2.75) is 57.2 Å². The van der Waals surface area contributed by atoms with Crippen molar-refractivity contribution in [1.82, 2.24) is 0 Å². The molecule has 0 aromatic heterocycles. The Labute approximate surface area is 150 Å². The number of esters is 1. The number of ether oxygens (including phenoxy) is 2. The summed E-state index contributed by atoms with van der Waals surface area (Å²) in [5.41, 5.74) is 0. The Morgan fingerprint density at radius 1 is 1.14 bits per heavy atom. The van der Waals surface area contributed by atoms with Crippen LogP contribution in [0.5, 0.6) is 0 Å². The molecule has 0 radical (unpaired) electrons. The molecule has 0 aliphatic carbocycles. The maximum atomic E-state index is 11.1. The van der Waals surface area contributed by atoms with Crippen molar-refractivity contribution < 1.29 is 19.4 Å². The van der Waals surface area contributed by atoms with Gasteiger partial charge in [0, 0.05) is 13.5 Å². The fraction of sp³-hybridized carbons (Fsp3) is 0.688. The SMILES string of the molecule is COC(=O)CCC(/C=C/[C@@H](O)CCCCCC=C(Br)Br)OC. The van der Waals surface area contributed by atoms with Crippen molar-refractivity contribution in [3.63, 3.8) is 0 Å². The summed E-state index contributed by atoms with van der Waals surface area (Å²) < 4.78 is 10.8. The molecule has 0 saturated carbocycles. The molecule has 0 saturated heterocycles. The number of carbonyl (C=O) groups excluding carboxylic acids is 1. The van der Waals surface area contributed by atoms with E-state index >= 15 is 0 Å². The van der Waals surface area contributed by atoms with Crippen LogP contribution in [0.2, 0.25) is 0 Å². The van der Waals surface area contributed by atoms with E-state index in [4.69, 9.17) is 4.74 Å². The number of methoxy groups -OCH3 is 2. The molecule has 128 valence electrons. The van der Waals surface area contributed by atoms with Gasteiger partial charge in [-0.15, -0.1) is 0 Å². The number of allylic oxidation sites excluding steroid dienone is 1. The maximum Gasteiger partial charge on any atom is 0.305 e. The minimum atomic E-state index is -0.464. The van der Waals surface area contributed by atoms with Crippen LogP contribution in [0.15, 0.2) is 21.6 Å². The second-order valence-corrected chi connectivity index (χ2v) is 7.75. The van der Waals surface area contributed by atoms with Crippen molar-refractivity contribution in [3.05, 3.63) is 21.6 Å². The average Bonchev–Trinajstić information content (AvgIpc) is 2.50. The fourth-order valence-electron chi connectivity index (χ4n) is 1.89. The second kappa shape index (κ2) is 14.4. The minimum Gasteiger partial charge on any atom is -0.469 e. The molecular formula is C16H26Br2O4. The Bertz CT molecular complexity index is 352. The summed E-state index contributed by atoms with van der Waals surface area (Å²) >= 11 is 6.64. The molecule has 2 atom stereocenters. The molecule has 0 aromatic rings. The van der Waals surface area contributed by atoms with Gasteiger partial charge < -0.3 is 14.6 Å². The summed E-state index contributed by atoms with van der Waals surface area (Å²) in [5, 5.41) is 9.90. The standard InChI is InChI=1S/C16H26Br2O4/c1-21-14(11-12-16(20)22-2)10-9-13(19)7-5-3-4-6-8-15(17)18/h8-10,13-14,19H,3-7,11-12H2,1-2H3/b10-9+/t13-,14?/m0/s1. The van der Waals surface area contributed by atoms with Crippen molar-refractivity contribution in [1.29, 1.82) is 0 Å². The third kappa shape index (κ3) is 13.5. The van der Waals surface area contributed by atoms with E-state index in [0.717, 1.165) is 35.5 Å². The lowest BCUT2D eigenvalue weighted by Gasteiger charge is -2.11. The third-order valence-electron chi connectivity index (χ3n) is 3.21. The van der Waals surface area contributed by atoms with Gasteiger partial charge >= 0.3 is 5.97 Å². The van der Waals surface area contributed by atoms with Crippen LogP contribution in [0.4, 0.5) is 0 Å². The zero-order valence-corrected chi connectivity index (χ0v) is 16.4. The molecule has 0 amide bonds. The first-order valence-corrected chi connectivity index (χ1v) is 9.05. The van der Waals surface area contributed by atoms with Gasteiger partial charge in [0.25, 0.3) is 0 Å². The number of carbonyl (C=O) groups is 1. The molecule has 0 bridgehead atoms. The van der Waals surface area contributed by atoms with E-state index in [2.05, 4.69) is 42.7 Å². The van der Waals surface area contributed by atoms with E-state index in [1.54, 1.807) is 13.2 Å². The van der Waals surface area contributed by atoms with Crippen molar-refractivity contribution in [2.24, 2.45) is 0 Å². The Balaban J connectivity index is 3.84. The second-order valence-electron chi connectivity index (χ2n) is 4.97. The van der Waals surface area contributed by atoms with Gasteiger partial charge in [-0.05, 0) is 57.5 Å². The normalized spacial score (nSPS) is 13.9. The van der Waals surface area contributed by atoms with Gasteiger partial charge in [-0.3, -0.25) is 4.79 Å². The first-order chi connectivity index (χ1) is 10.5. The third-order valence-corrected chi connectivity index (χ3v) is 3.86. The van der Waals surface area contributed by atoms with Crippen LogP contribution in [0.3, 0.4) is 0 Å². The van der Waals surface area contributed by atoms with E-state index in [0.29, 0.717) is 12.8 Å². The highest BCUT2D eigenvalue weighted by atomic mass is 79.9. The van der Waals surface area contributed by atoms with E-state index in [9.17, 15) is 9.90 Å².